The van der Waals surface area contributed by atoms with Gasteiger partial charge in [0.25, 0.3) is 0 Å². The Hall–Kier alpha value is -0.0400. The monoisotopic (exact) mass is 407 g/mol. The minimum atomic E-state index is 1.04. The molecule has 0 bridgehead atoms. The summed E-state index contributed by atoms with van der Waals surface area (Å²) in [6.45, 7) is 8.76. The largest absolute Gasteiger partial charge is 0.303 e. The fourth-order valence-electron chi connectivity index (χ4n) is 5.07. The average molecular weight is 408 g/mol. The standard InChI is InChI=1S/C28H57N/c1-3-5-7-9-11-13-14-15-16-18-20-22-28-23-26-29(27-24-28)25-21-19-17-12-10-8-6-4-2/h28H,3-27H2,1-2H3. The van der Waals surface area contributed by atoms with Crippen LogP contribution in [0.4, 0.5) is 0 Å². The molecular weight excluding hydrogens is 350 g/mol. The molecule has 0 N–H and O–H groups in total. The van der Waals surface area contributed by atoms with Crippen LogP contribution in [0.15, 0.2) is 0 Å². The van der Waals surface area contributed by atoms with Gasteiger partial charge in [0.2, 0.25) is 0 Å². The predicted octanol–water partition coefficient (Wildman–Crippen LogP) is 9.54. The van der Waals surface area contributed by atoms with Gasteiger partial charge < -0.3 is 4.90 Å². The summed E-state index contributed by atoms with van der Waals surface area (Å²) >= 11 is 0. The van der Waals surface area contributed by atoms with Gasteiger partial charge >= 0.3 is 0 Å². The van der Waals surface area contributed by atoms with Crippen molar-refractivity contribution in [2.24, 2.45) is 5.92 Å². The number of hydrogen-bond acceptors (Lipinski definition) is 1. The summed E-state index contributed by atoms with van der Waals surface area (Å²) in [5.41, 5.74) is 0. The molecule has 1 aliphatic rings. The molecule has 0 unspecified atom stereocenters. The highest BCUT2D eigenvalue weighted by Crippen LogP contribution is 2.24. The second-order valence-corrected chi connectivity index (χ2v) is 10.1. The normalized spacial score (nSPS) is 15.9. The molecule has 0 aromatic rings. The van der Waals surface area contributed by atoms with E-state index in [-0.39, 0.29) is 0 Å². The molecule has 0 aromatic carbocycles. The van der Waals surface area contributed by atoms with E-state index in [4.69, 9.17) is 0 Å². The molecule has 0 aromatic heterocycles. The number of rotatable bonds is 21. The van der Waals surface area contributed by atoms with Gasteiger partial charge in [0.1, 0.15) is 0 Å². The number of unbranched alkanes of at least 4 members (excludes halogenated alkanes) is 17. The molecule has 1 heteroatoms. The zero-order valence-corrected chi connectivity index (χ0v) is 20.7. The molecule has 1 saturated heterocycles. The number of nitrogens with zero attached hydrogens (tertiary/aromatic N) is 1. The zero-order valence-electron chi connectivity index (χ0n) is 20.7. The van der Waals surface area contributed by atoms with Crippen LogP contribution >= 0.6 is 0 Å². The third-order valence-corrected chi connectivity index (χ3v) is 7.25. The summed E-state index contributed by atoms with van der Waals surface area (Å²) in [4.78, 5) is 2.76. The molecule has 1 heterocycles. The Labute approximate surface area is 185 Å². The second-order valence-electron chi connectivity index (χ2n) is 10.1. The number of likely N-dealkylation sites (tertiary alicyclic amines) is 1. The topological polar surface area (TPSA) is 3.24 Å². The van der Waals surface area contributed by atoms with E-state index in [0.29, 0.717) is 0 Å². The van der Waals surface area contributed by atoms with Crippen LogP contribution in [-0.4, -0.2) is 24.5 Å². The Morgan fingerprint density at radius 3 is 1.31 bits per heavy atom. The van der Waals surface area contributed by atoms with Crippen LogP contribution < -0.4 is 0 Å². The first-order valence-electron chi connectivity index (χ1n) is 14.1. The van der Waals surface area contributed by atoms with Gasteiger partial charge in [-0.3, -0.25) is 0 Å². The van der Waals surface area contributed by atoms with Gasteiger partial charge in [-0.2, -0.15) is 0 Å². The molecule has 29 heavy (non-hydrogen) atoms. The maximum absolute atomic E-state index is 2.76. The Kier molecular flexibility index (Phi) is 19.7. The van der Waals surface area contributed by atoms with E-state index in [1.54, 1.807) is 0 Å². The highest BCUT2D eigenvalue weighted by atomic mass is 15.1. The van der Waals surface area contributed by atoms with E-state index in [2.05, 4.69) is 18.7 Å². The molecule has 0 amide bonds. The Morgan fingerprint density at radius 2 is 0.862 bits per heavy atom. The third-order valence-electron chi connectivity index (χ3n) is 7.25. The van der Waals surface area contributed by atoms with E-state index in [1.165, 1.54) is 161 Å². The van der Waals surface area contributed by atoms with Crippen molar-refractivity contribution < 1.29 is 0 Å². The molecule has 0 radical (unpaired) electrons. The van der Waals surface area contributed by atoms with Crippen molar-refractivity contribution in [2.75, 3.05) is 19.6 Å². The molecule has 1 fully saturated rings. The quantitative estimate of drug-likeness (QED) is 0.171. The minimum absolute atomic E-state index is 1.04. The van der Waals surface area contributed by atoms with Crippen LogP contribution in [0.3, 0.4) is 0 Å². The van der Waals surface area contributed by atoms with Crippen LogP contribution in [0, 0.1) is 5.92 Å². The number of hydrogen-bond donors (Lipinski definition) is 0. The van der Waals surface area contributed by atoms with Gasteiger partial charge in [0.05, 0.1) is 0 Å². The number of piperidine rings is 1. The smallest absolute Gasteiger partial charge is 0.00161 e. The molecule has 0 atom stereocenters. The van der Waals surface area contributed by atoms with Crippen LogP contribution in [-0.2, 0) is 0 Å². The van der Waals surface area contributed by atoms with E-state index in [9.17, 15) is 0 Å². The van der Waals surface area contributed by atoms with Crippen molar-refractivity contribution in [1.82, 2.24) is 4.90 Å². The lowest BCUT2D eigenvalue weighted by Gasteiger charge is -2.32. The SMILES string of the molecule is CCCCCCCCCCCCCC1CCN(CCCCCCCCCC)CC1. The van der Waals surface area contributed by atoms with Crippen molar-refractivity contribution in [3.63, 3.8) is 0 Å². The van der Waals surface area contributed by atoms with Crippen molar-refractivity contribution in [3.8, 4) is 0 Å². The molecule has 1 aliphatic heterocycles. The lowest BCUT2D eigenvalue weighted by atomic mass is 9.91. The molecule has 0 aliphatic carbocycles. The lowest BCUT2D eigenvalue weighted by molar-refractivity contribution is 0.174. The summed E-state index contributed by atoms with van der Waals surface area (Å²) in [5, 5.41) is 0. The van der Waals surface area contributed by atoms with Crippen molar-refractivity contribution >= 4 is 0 Å². The van der Waals surface area contributed by atoms with Crippen LogP contribution in [0.1, 0.15) is 155 Å². The molecule has 174 valence electrons. The van der Waals surface area contributed by atoms with E-state index in [0.717, 1.165) is 5.92 Å². The van der Waals surface area contributed by atoms with Crippen molar-refractivity contribution in [1.29, 1.82) is 0 Å². The average Bonchev–Trinajstić information content (AvgIpc) is 2.75. The molecule has 1 rings (SSSR count). The second kappa shape index (κ2) is 21.2. The van der Waals surface area contributed by atoms with E-state index < -0.39 is 0 Å². The van der Waals surface area contributed by atoms with Crippen LogP contribution in [0.2, 0.25) is 0 Å². The summed E-state index contributed by atoms with van der Waals surface area (Å²) in [6.07, 6.45) is 32.3. The van der Waals surface area contributed by atoms with Crippen molar-refractivity contribution in [3.05, 3.63) is 0 Å². The first-order chi connectivity index (χ1) is 14.4. The first-order valence-corrected chi connectivity index (χ1v) is 14.1. The maximum Gasteiger partial charge on any atom is -0.00161 e. The highest BCUT2D eigenvalue weighted by molar-refractivity contribution is 4.72. The lowest BCUT2D eigenvalue weighted by Crippen LogP contribution is -2.34. The third kappa shape index (κ3) is 17.3. The van der Waals surface area contributed by atoms with Gasteiger partial charge in [-0.05, 0) is 44.8 Å². The zero-order chi connectivity index (χ0) is 20.8. The maximum atomic E-state index is 2.76. The molecule has 0 spiro atoms. The molecule has 1 nitrogen and oxygen atoms in total. The summed E-state index contributed by atoms with van der Waals surface area (Å²) in [6, 6.07) is 0. The highest BCUT2D eigenvalue weighted by Gasteiger charge is 2.18. The summed E-state index contributed by atoms with van der Waals surface area (Å²) < 4.78 is 0. The fourth-order valence-corrected chi connectivity index (χ4v) is 5.07. The summed E-state index contributed by atoms with van der Waals surface area (Å²) in [7, 11) is 0. The van der Waals surface area contributed by atoms with Gasteiger partial charge in [0.15, 0.2) is 0 Å². The van der Waals surface area contributed by atoms with Gasteiger partial charge in [-0.15, -0.1) is 0 Å². The van der Waals surface area contributed by atoms with Gasteiger partial charge in [0, 0.05) is 0 Å². The van der Waals surface area contributed by atoms with E-state index in [1.807, 2.05) is 0 Å². The van der Waals surface area contributed by atoms with Gasteiger partial charge in [-0.1, -0.05) is 136 Å². The Balaban J connectivity index is 1.80. The Morgan fingerprint density at radius 1 is 0.483 bits per heavy atom. The van der Waals surface area contributed by atoms with Crippen LogP contribution in [0.5, 0.6) is 0 Å². The molecule has 0 saturated carbocycles. The summed E-state index contributed by atoms with van der Waals surface area (Å²) in [5.74, 6) is 1.04. The molecular formula is C28H57N. The fraction of sp³-hybridized carbons (Fsp3) is 1.00. The van der Waals surface area contributed by atoms with Crippen LogP contribution in [0.25, 0.3) is 0 Å². The van der Waals surface area contributed by atoms with Crippen molar-refractivity contribution in [2.45, 2.75) is 155 Å². The predicted molar refractivity (Wildman–Crippen MR) is 133 cm³/mol. The Bertz CT molecular complexity index is 303. The minimum Gasteiger partial charge on any atom is -0.303 e. The van der Waals surface area contributed by atoms with Gasteiger partial charge in [-0.25, -0.2) is 0 Å². The van der Waals surface area contributed by atoms with E-state index >= 15 is 0 Å². The first kappa shape index (κ1) is 27.0.